The number of nitrogens with zero attached hydrogens (tertiary/aromatic N) is 1. The van der Waals surface area contributed by atoms with Crippen molar-refractivity contribution in [2.75, 3.05) is 31.9 Å². The van der Waals surface area contributed by atoms with E-state index in [9.17, 15) is 4.79 Å². The fourth-order valence-electron chi connectivity index (χ4n) is 2.21. The number of carbonyl (C=O) groups excluding carboxylic acids is 1. The molecule has 0 atom stereocenters. The summed E-state index contributed by atoms with van der Waals surface area (Å²) in [4.78, 5) is 14.5. The van der Waals surface area contributed by atoms with E-state index < -0.39 is 0 Å². The minimum absolute atomic E-state index is 0.0715. The summed E-state index contributed by atoms with van der Waals surface area (Å²) in [6.07, 6.45) is 0. The van der Waals surface area contributed by atoms with Crippen molar-refractivity contribution >= 4 is 17.8 Å². The number of amides is 2. The molecule has 0 aromatic heterocycles. The van der Waals surface area contributed by atoms with Crippen molar-refractivity contribution in [3.63, 3.8) is 0 Å². The van der Waals surface area contributed by atoms with Crippen LogP contribution in [-0.2, 0) is 6.54 Å². The van der Waals surface area contributed by atoms with Gasteiger partial charge in [0.15, 0.2) is 0 Å². The second kappa shape index (κ2) is 8.29. The van der Waals surface area contributed by atoms with Crippen LogP contribution in [0, 0.1) is 5.92 Å². The number of hydrogen-bond acceptors (Lipinski definition) is 3. The number of hydrogen-bond donors (Lipinski definition) is 2. The van der Waals surface area contributed by atoms with Crippen LogP contribution in [-0.4, -0.2) is 42.9 Å². The Morgan fingerprint density at radius 1 is 1.33 bits per heavy atom. The van der Waals surface area contributed by atoms with Gasteiger partial charge in [-0.2, -0.15) is 0 Å². The van der Waals surface area contributed by atoms with Gasteiger partial charge in [-0.25, -0.2) is 4.79 Å². The van der Waals surface area contributed by atoms with Crippen LogP contribution >= 0.6 is 11.8 Å². The summed E-state index contributed by atoms with van der Waals surface area (Å²) in [7, 11) is 0. The minimum Gasteiger partial charge on any atom is -0.336 e. The van der Waals surface area contributed by atoms with Gasteiger partial charge in [0.1, 0.15) is 0 Å². The SMILES string of the molecule is CC(C)CNCc1ccc(SCCN2CCNC2=O)cc1. The zero-order valence-electron chi connectivity index (χ0n) is 12.9. The van der Waals surface area contributed by atoms with Crippen LogP contribution < -0.4 is 10.6 Å². The van der Waals surface area contributed by atoms with Gasteiger partial charge in [0, 0.05) is 36.8 Å². The summed E-state index contributed by atoms with van der Waals surface area (Å²) in [6, 6.07) is 8.76. The van der Waals surface area contributed by atoms with Crippen LogP contribution in [0.25, 0.3) is 0 Å². The molecule has 116 valence electrons. The summed E-state index contributed by atoms with van der Waals surface area (Å²) < 4.78 is 0. The second-order valence-corrected chi connectivity index (χ2v) is 6.90. The summed E-state index contributed by atoms with van der Waals surface area (Å²) in [5.41, 5.74) is 1.32. The molecule has 1 fully saturated rings. The number of nitrogens with one attached hydrogen (secondary N) is 2. The largest absolute Gasteiger partial charge is 0.336 e. The number of thioether (sulfide) groups is 1. The first kappa shape index (κ1) is 16.2. The van der Waals surface area contributed by atoms with Crippen LogP contribution in [0.4, 0.5) is 4.79 Å². The standard InChI is InChI=1S/C16H25N3OS/c1-13(2)11-17-12-14-3-5-15(6-4-14)21-10-9-19-8-7-18-16(19)20/h3-6,13,17H,7-12H2,1-2H3,(H,18,20). The van der Waals surface area contributed by atoms with Crippen LogP contribution in [0.5, 0.6) is 0 Å². The Morgan fingerprint density at radius 3 is 2.71 bits per heavy atom. The highest BCUT2D eigenvalue weighted by Gasteiger charge is 2.18. The predicted octanol–water partition coefficient (Wildman–Crippen LogP) is 2.55. The second-order valence-electron chi connectivity index (χ2n) is 5.74. The summed E-state index contributed by atoms with van der Waals surface area (Å²) in [6.45, 7) is 8.84. The highest BCUT2D eigenvalue weighted by molar-refractivity contribution is 7.99. The van der Waals surface area contributed by atoms with Gasteiger partial charge in [-0.3, -0.25) is 0 Å². The zero-order chi connectivity index (χ0) is 15.1. The normalized spacial score (nSPS) is 14.8. The molecule has 0 unspecified atom stereocenters. The van der Waals surface area contributed by atoms with E-state index in [0.29, 0.717) is 5.92 Å². The molecule has 0 radical (unpaired) electrons. The van der Waals surface area contributed by atoms with E-state index in [1.807, 2.05) is 4.90 Å². The Bertz CT molecular complexity index is 447. The number of carbonyl (C=O) groups is 1. The molecule has 0 spiro atoms. The van der Waals surface area contributed by atoms with Crippen molar-refractivity contribution in [3.05, 3.63) is 29.8 Å². The lowest BCUT2D eigenvalue weighted by Gasteiger charge is -2.13. The first-order valence-corrected chi connectivity index (χ1v) is 8.59. The van der Waals surface area contributed by atoms with Crippen molar-refractivity contribution < 1.29 is 4.79 Å². The third-order valence-corrected chi connectivity index (χ3v) is 4.37. The molecular weight excluding hydrogens is 282 g/mol. The molecule has 1 aliphatic heterocycles. The van der Waals surface area contributed by atoms with Crippen molar-refractivity contribution in [2.45, 2.75) is 25.3 Å². The van der Waals surface area contributed by atoms with Gasteiger partial charge in [-0.1, -0.05) is 26.0 Å². The molecule has 0 saturated carbocycles. The van der Waals surface area contributed by atoms with Gasteiger partial charge in [0.25, 0.3) is 0 Å². The van der Waals surface area contributed by atoms with E-state index >= 15 is 0 Å². The molecule has 1 aromatic rings. The van der Waals surface area contributed by atoms with Crippen LogP contribution in [0.15, 0.2) is 29.2 Å². The minimum atomic E-state index is 0.0715. The lowest BCUT2D eigenvalue weighted by molar-refractivity contribution is 0.220. The van der Waals surface area contributed by atoms with E-state index in [0.717, 1.165) is 38.5 Å². The lowest BCUT2D eigenvalue weighted by Crippen LogP contribution is -2.30. The molecule has 2 N–H and O–H groups in total. The molecule has 1 aliphatic rings. The molecule has 1 aromatic carbocycles. The van der Waals surface area contributed by atoms with Crippen LogP contribution in [0.1, 0.15) is 19.4 Å². The lowest BCUT2D eigenvalue weighted by atomic mass is 10.2. The summed E-state index contributed by atoms with van der Waals surface area (Å²) >= 11 is 1.80. The molecule has 1 heterocycles. The van der Waals surface area contributed by atoms with Gasteiger partial charge in [-0.05, 0) is 30.2 Å². The Morgan fingerprint density at radius 2 is 2.10 bits per heavy atom. The maximum atomic E-state index is 11.4. The fraction of sp³-hybridized carbons (Fsp3) is 0.562. The Balaban J connectivity index is 1.68. The molecule has 0 bridgehead atoms. The Kier molecular flexibility index (Phi) is 6.39. The van der Waals surface area contributed by atoms with E-state index in [4.69, 9.17) is 0 Å². The molecule has 21 heavy (non-hydrogen) atoms. The van der Waals surface area contributed by atoms with Gasteiger partial charge in [0.05, 0.1) is 0 Å². The molecule has 1 saturated heterocycles. The fourth-order valence-corrected chi connectivity index (χ4v) is 3.08. The van der Waals surface area contributed by atoms with E-state index in [1.54, 1.807) is 11.8 Å². The van der Waals surface area contributed by atoms with Gasteiger partial charge >= 0.3 is 6.03 Å². The molecule has 2 amide bonds. The quantitative estimate of drug-likeness (QED) is 0.726. The van der Waals surface area contributed by atoms with Crippen LogP contribution in [0.3, 0.4) is 0 Å². The van der Waals surface area contributed by atoms with E-state index in [2.05, 4.69) is 48.7 Å². The smallest absolute Gasteiger partial charge is 0.317 e. The molecule has 4 nitrogen and oxygen atoms in total. The van der Waals surface area contributed by atoms with Crippen molar-refractivity contribution in [1.29, 1.82) is 0 Å². The average molecular weight is 307 g/mol. The van der Waals surface area contributed by atoms with Gasteiger partial charge in [0.2, 0.25) is 0 Å². The Labute approximate surface area is 131 Å². The Hall–Kier alpha value is -1.20. The number of rotatable bonds is 8. The molecular formula is C16H25N3OS. The topological polar surface area (TPSA) is 44.4 Å². The number of urea groups is 1. The van der Waals surface area contributed by atoms with Crippen molar-refractivity contribution in [1.82, 2.24) is 15.5 Å². The molecule has 0 aliphatic carbocycles. The van der Waals surface area contributed by atoms with Gasteiger partial charge in [-0.15, -0.1) is 11.8 Å². The highest BCUT2D eigenvalue weighted by atomic mass is 32.2. The predicted molar refractivity (Wildman–Crippen MR) is 88.7 cm³/mol. The van der Waals surface area contributed by atoms with Gasteiger partial charge < -0.3 is 15.5 Å². The first-order valence-electron chi connectivity index (χ1n) is 7.60. The maximum Gasteiger partial charge on any atom is 0.317 e. The summed E-state index contributed by atoms with van der Waals surface area (Å²) in [5.74, 6) is 1.63. The third kappa shape index (κ3) is 5.59. The molecule has 2 rings (SSSR count). The van der Waals surface area contributed by atoms with E-state index in [-0.39, 0.29) is 6.03 Å². The van der Waals surface area contributed by atoms with Crippen molar-refractivity contribution in [3.8, 4) is 0 Å². The molecule has 5 heteroatoms. The van der Waals surface area contributed by atoms with E-state index in [1.165, 1.54) is 10.5 Å². The monoisotopic (exact) mass is 307 g/mol. The highest BCUT2D eigenvalue weighted by Crippen LogP contribution is 2.18. The summed E-state index contributed by atoms with van der Waals surface area (Å²) in [5, 5.41) is 6.27. The third-order valence-electron chi connectivity index (χ3n) is 3.38. The maximum absolute atomic E-state index is 11.4. The van der Waals surface area contributed by atoms with Crippen LogP contribution in [0.2, 0.25) is 0 Å². The average Bonchev–Trinajstić information content (AvgIpc) is 2.86. The number of benzene rings is 1. The van der Waals surface area contributed by atoms with Crippen molar-refractivity contribution in [2.24, 2.45) is 5.92 Å². The first-order chi connectivity index (χ1) is 10.1. The zero-order valence-corrected chi connectivity index (χ0v) is 13.7.